The number of nitrogens with zero attached hydrogens (tertiary/aromatic N) is 1. The van der Waals surface area contributed by atoms with Crippen molar-refractivity contribution in [1.29, 1.82) is 0 Å². The second kappa shape index (κ2) is 7.26. The van der Waals surface area contributed by atoms with E-state index in [2.05, 4.69) is 15.6 Å². The molecule has 2 aromatic carbocycles. The molecule has 0 fully saturated rings. The van der Waals surface area contributed by atoms with Crippen molar-refractivity contribution in [2.75, 3.05) is 11.9 Å². The number of hydrogen-bond donors (Lipinski definition) is 2. The molecule has 0 radical (unpaired) electrons. The summed E-state index contributed by atoms with van der Waals surface area (Å²) in [4.78, 5) is 28.7. The van der Waals surface area contributed by atoms with Crippen molar-refractivity contribution in [3.8, 4) is 0 Å². The zero-order valence-electron chi connectivity index (χ0n) is 13.8. The number of pyridine rings is 1. The first-order chi connectivity index (χ1) is 12.4. The van der Waals surface area contributed by atoms with Gasteiger partial charge in [0, 0.05) is 22.8 Å². The fourth-order valence-electron chi connectivity index (χ4n) is 2.53. The van der Waals surface area contributed by atoms with Gasteiger partial charge in [-0.15, -0.1) is 0 Å². The first-order valence-corrected chi connectivity index (χ1v) is 7.83. The first-order valence-electron chi connectivity index (χ1n) is 7.83. The van der Waals surface area contributed by atoms with Crippen LogP contribution in [0.25, 0.3) is 10.9 Å². The molecule has 132 valence electrons. The lowest BCUT2D eigenvalue weighted by atomic mass is 10.1. The largest absolute Gasteiger partial charge is 0.343 e. The smallest absolute Gasteiger partial charge is 0.252 e. The molecule has 1 aromatic heterocycles. The third-order valence-corrected chi connectivity index (χ3v) is 3.70. The predicted octanol–water partition coefficient (Wildman–Crippen LogP) is 3.19. The summed E-state index contributed by atoms with van der Waals surface area (Å²) in [5, 5.41) is 5.59. The Kier molecular flexibility index (Phi) is 4.88. The van der Waals surface area contributed by atoms with Crippen LogP contribution in [0.2, 0.25) is 0 Å². The molecule has 2 N–H and O–H groups in total. The van der Waals surface area contributed by atoms with E-state index in [1.807, 2.05) is 6.07 Å². The number of aryl methyl sites for hydroxylation is 1. The molecule has 3 rings (SSSR count). The molecule has 0 saturated carbocycles. The van der Waals surface area contributed by atoms with Crippen LogP contribution < -0.4 is 10.6 Å². The van der Waals surface area contributed by atoms with Crippen LogP contribution in [0.5, 0.6) is 0 Å². The number of rotatable bonds is 4. The molecule has 26 heavy (non-hydrogen) atoms. The van der Waals surface area contributed by atoms with Gasteiger partial charge in [-0.3, -0.25) is 14.6 Å². The maximum atomic E-state index is 13.1. The number of carbonyl (C=O) groups is 2. The third-order valence-electron chi connectivity index (χ3n) is 3.70. The van der Waals surface area contributed by atoms with Crippen LogP contribution >= 0.6 is 0 Å². The van der Waals surface area contributed by atoms with Crippen molar-refractivity contribution in [2.45, 2.75) is 6.92 Å². The van der Waals surface area contributed by atoms with E-state index < -0.39 is 23.4 Å². The van der Waals surface area contributed by atoms with Gasteiger partial charge < -0.3 is 10.6 Å². The number of fused-ring (bicyclic) bond motifs is 1. The zero-order chi connectivity index (χ0) is 18.7. The van der Waals surface area contributed by atoms with E-state index in [4.69, 9.17) is 0 Å². The van der Waals surface area contributed by atoms with Crippen LogP contribution in [0, 0.1) is 18.6 Å². The number of benzene rings is 2. The molecular weight excluding hydrogens is 340 g/mol. The topological polar surface area (TPSA) is 71.1 Å². The lowest BCUT2D eigenvalue weighted by Crippen LogP contribution is -2.33. The lowest BCUT2D eigenvalue weighted by Gasteiger charge is -2.10. The maximum Gasteiger partial charge on any atom is 0.252 e. The Hall–Kier alpha value is -3.35. The van der Waals surface area contributed by atoms with E-state index in [0.717, 1.165) is 12.1 Å². The van der Waals surface area contributed by atoms with Crippen LogP contribution in [-0.4, -0.2) is 23.3 Å². The van der Waals surface area contributed by atoms with Crippen LogP contribution in [0.15, 0.2) is 48.5 Å². The Balaban J connectivity index is 1.69. The Morgan fingerprint density at radius 1 is 1.04 bits per heavy atom. The minimum Gasteiger partial charge on any atom is -0.343 e. The van der Waals surface area contributed by atoms with Crippen molar-refractivity contribution < 1.29 is 18.4 Å². The number of nitrogens with one attached hydrogen (secondary N) is 2. The van der Waals surface area contributed by atoms with Crippen molar-refractivity contribution in [2.24, 2.45) is 0 Å². The van der Waals surface area contributed by atoms with Crippen molar-refractivity contribution in [3.63, 3.8) is 0 Å². The lowest BCUT2D eigenvalue weighted by molar-refractivity contribution is -0.115. The summed E-state index contributed by atoms with van der Waals surface area (Å²) < 4.78 is 26.0. The highest BCUT2D eigenvalue weighted by Gasteiger charge is 2.13. The molecule has 1 heterocycles. The average molecular weight is 355 g/mol. The van der Waals surface area contributed by atoms with Crippen molar-refractivity contribution in [1.82, 2.24) is 10.3 Å². The maximum absolute atomic E-state index is 13.1. The van der Waals surface area contributed by atoms with Crippen molar-refractivity contribution in [3.05, 3.63) is 71.4 Å². The fourth-order valence-corrected chi connectivity index (χ4v) is 2.53. The van der Waals surface area contributed by atoms with Gasteiger partial charge in [-0.25, -0.2) is 8.78 Å². The predicted molar refractivity (Wildman–Crippen MR) is 93.8 cm³/mol. The van der Waals surface area contributed by atoms with Crippen LogP contribution in [0.4, 0.5) is 14.5 Å². The Labute approximate surface area is 148 Å². The summed E-state index contributed by atoms with van der Waals surface area (Å²) in [6.45, 7) is 1.46. The Morgan fingerprint density at radius 3 is 2.58 bits per heavy atom. The summed E-state index contributed by atoms with van der Waals surface area (Å²) in [5.41, 5.74) is 1.88. The Bertz CT molecular complexity index is 1010. The van der Waals surface area contributed by atoms with Gasteiger partial charge in [-0.2, -0.15) is 0 Å². The summed E-state index contributed by atoms with van der Waals surface area (Å²) in [5.74, 6) is -3.05. The molecule has 0 bridgehead atoms. The van der Waals surface area contributed by atoms with E-state index >= 15 is 0 Å². The summed E-state index contributed by atoms with van der Waals surface area (Å²) in [7, 11) is 0. The van der Waals surface area contributed by atoms with E-state index in [0.29, 0.717) is 22.2 Å². The standard InChI is InChI=1S/C19H15F2N3O2/c1-11-8-14(13-4-2-3-5-17(13)23-11)19(26)22-10-18(25)24-12-6-7-15(20)16(21)9-12/h2-9H,10H2,1H3,(H,22,26)(H,24,25). The number of aromatic nitrogens is 1. The number of hydrogen-bond acceptors (Lipinski definition) is 3. The van der Waals surface area contributed by atoms with E-state index in [-0.39, 0.29) is 12.2 Å². The number of amides is 2. The highest BCUT2D eigenvalue weighted by atomic mass is 19.2. The van der Waals surface area contributed by atoms with Gasteiger partial charge in [0.15, 0.2) is 11.6 Å². The molecular formula is C19H15F2N3O2. The van der Waals surface area contributed by atoms with Crippen molar-refractivity contribution >= 4 is 28.4 Å². The molecule has 2 amide bonds. The van der Waals surface area contributed by atoms with Crippen LogP contribution in [-0.2, 0) is 4.79 Å². The highest BCUT2D eigenvalue weighted by Crippen LogP contribution is 2.18. The van der Waals surface area contributed by atoms with Crippen LogP contribution in [0.1, 0.15) is 16.1 Å². The zero-order valence-corrected chi connectivity index (χ0v) is 13.8. The van der Waals surface area contributed by atoms with Gasteiger partial charge >= 0.3 is 0 Å². The minimum atomic E-state index is -1.06. The molecule has 0 aliphatic carbocycles. The average Bonchev–Trinajstić information content (AvgIpc) is 2.62. The monoisotopic (exact) mass is 355 g/mol. The highest BCUT2D eigenvalue weighted by molar-refractivity contribution is 6.07. The van der Waals surface area contributed by atoms with Gasteiger partial charge in [0.1, 0.15) is 0 Å². The van der Waals surface area contributed by atoms with Gasteiger partial charge in [0.25, 0.3) is 5.91 Å². The molecule has 3 aromatic rings. The summed E-state index contributed by atoms with van der Waals surface area (Å²) in [6, 6.07) is 11.9. The molecule has 0 aliphatic heterocycles. The summed E-state index contributed by atoms with van der Waals surface area (Å²) >= 11 is 0. The Morgan fingerprint density at radius 2 is 1.81 bits per heavy atom. The molecule has 0 spiro atoms. The second-order valence-corrected chi connectivity index (χ2v) is 5.69. The third kappa shape index (κ3) is 3.83. The van der Waals surface area contributed by atoms with Gasteiger partial charge in [0.05, 0.1) is 17.6 Å². The first kappa shape index (κ1) is 17.5. The molecule has 0 unspecified atom stereocenters. The summed E-state index contributed by atoms with van der Waals surface area (Å²) in [6.07, 6.45) is 0. The molecule has 7 heteroatoms. The molecule has 5 nitrogen and oxygen atoms in total. The second-order valence-electron chi connectivity index (χ2n) is 5.69. The van der Waals surface area contributed by atoms with Gasteiger partial charge in [0.2, 0.25) is 5.91 Å². The van der Waals surface area contributed by atoms with E-state index in [9.17, 15) is 18.4 Å². The molecule has 0 aliphatic rings. The number of carbonyl (C=O) groups excluding carboxylic acids is 2. The number of para-hydroxylation sites is 1. The minimum absolute atomic E-state index is 0.105. The van der Waals surface area contributed by atoms with Gasteiger partial charge in [-0.1, -0.05) is 18.2 Å². The molecule has 0 saturated heterocycles. The molecule has 0 atom stereocenters. The van der Waals surface area contributed by atoms with Crippen LogP contribution in [0.3, 0.4) is 0 Å². The van der Waals surface area contributed by atoms with Gasteiger partial charge in [-0.05, 0) is 31.2 Å². The fraction of sp³-hybridized carbons (Fsp3) is 0.105. The SMILES string of the molecule is Cc1cc(C(=O)NCC(=O)Nc2ccc(F)c(F)c2)c2ccccc2n1. The van der Waals surface area contributed by atoms with E-state index in [1.54, 1.807) is 31.2 Å². The van der Waals surface area contributed by atoms with E-state index in [1.165, 1.54) is 6.07 Å². The number of anilines is 1. The normalized spacial score (nSPS) is 10.6. The number of halogens is 2. The quantitative estimate of drug-likeness (QED) is 0.755.